The van der Waals surface area contributed by atoms with Gasteiger partial charge in [-0.3, -0.25) is 0 Å². The lowest BCUT2D eigenvalue weighted by molar-refractivity contribution is 0.461. The maximum atomic E-state index is 3.59. The van der Waals surface area contributed by atoms with Crippen LogP contribution in [0.4, 0.5) is 0 Å². The lowest BCUT2D eigenvalue weighted by atomic mass is 9.94. The molecule has 1 fully saturated rings. The van der Waals surface area contributed by atoms with Crippen LogP contribution in [0.2, 0.25) is 0 Å². The Labute approximate surface area is 85.3 Å². The number of halogens is 1. The van der Waals surface area contributed by atoms with Crippen LogP contribution in [0.15, 0.2) is 15.2 Å². The van der Waals surface area contributed by atoms with Crippen molar-refractivity contribution in [2.45, 2.75) is 18.8 Å². The molecule has 1 nitrogen and oxygen atoms in total. The van der Waals surface area contributed by atoms with Crippen LogP contribution in [-0.2, 0) is 0 Å². The summed E-state index contributed by atoms with van der Waals surface area (Å²) in [5.41, 5.74) is 1.49. The fourth-order valence-corrected chi connectivity index (χ4v) is 3.20. The molecule has 2 heterocycles. The number of piperidine rings is 1. The molecule has 1 aromatic rings. The molecule has 1 atom stereocenters. The number of nitrogens with one attached hydrogen (secondary N) is 1. The van der Waals surface area contributed by atoms with E-state index in [1.165, 1.54) is 28.7 Å². The smallest absolute Gasteiger partial charge is 0.0733 e. The predicted molar refractivity (Wildman–Crippen MR) is 56.9 cm³/mol. The summed E-state index contributed by atoms with van der Waals surface area (Å²) in [5, 5.41) is 5.59. The predicted octanol–water partition coefficient (Wildman–Crippen LogP) is 2.98. The fraction of sp³-hybridized carbons (Fsp3) is 0.556. The molecule has 0 aromatic carbocycles. The van der Waals surface area contributed by atoms with E-state index in [-0.39, 0.29) is 0 Å². The molecule has 0 amide bonds. The number of hydrogen-bond acceptors (Lipinski definition) is 2. The van der Waals surface area contributed by atoms with E-state index in [0.29, 0.717) is 0 Å². The maximum Gasteiger partial charge on any atom is 0.0733 e. The second kappa shape index (κ2) is 3.90. The van der Waals surface area contributed by atoms with Crippen molar-refractivity contribution in [2.24, 2.45) is 0 Å². The minimum absolute atomic E-state index is 0.736. The standard InChI is InChI=1S/C9H12BrNS/c10-9-8(3-5-12-9)7-2-1-4-11-6-7/h3,5,7,11H,1-2,4,6H2. The Balaban J connectivity index is 2.13. The molecular weight excluding hydrogens is 234 g/mol. The highest BCUT2D eigenvalue weighted by molar-refractivity contribution is 9.11. The van der Waals surface area contributed by atoms with Gasteiger partial charge in [-0.2, -0.15) is 0 Å². The lowest BCUT2D eigenvalue weighted by Gasteiger charge is -2.22. The first-order chi connectivity index (χ1) is 5.88. The van der Waals surface area contributed by atoms with Gasteiger partial charge in [0.15, 0.2) is 0 Å². The molecule has 1 N–H and O–H groups in total. The lowest BCUT2D eigenvalue weighted by Crippen LogP contribution is -2.28. The van der Waals surface area contributed by atoms with Gasteiger partial charge in [-0.05, 0) is 58.2 Å². The summed E-state index contributed by atoms with van der Waals surface area (Å²) in [5.74, 6) is 0.736. The van der Waals surface area contributed by atoms with E-state index < -0.39 is 0 Å². The first kappa shape index (κ1) is 8.73. The molecule has 1 unspecified atom stereocenters. The Morgan fingerprint density at radius 2 is 2.50 bits per heavy atom. The number of thiophene rings is 1. The fourth-order valence-electron chi connectivity index (χ4n) is 1.71. The van der Waals surface area contributed by atoms with Crippen LogP contribution in [-0.4, -0.2) is 13.1 Å². The van der Waals surface area contributed by atoms with Gasteiger partial charge in [0.25, 0.3) is 0 Å². The Morgan fingerprint density at radius 3 is 3.08 bits per heavy atom. The monoisotopic (exact) mass is 245 g/mol. The van der Waals surface area contributed by atoms with Crippen molar-refractivity contribution >= 4 is 27.3 Å². The zero-order valence-electron chi connectivity index (χ0n) is 6.85. The summed E-state index contributed by atoms with van der Waals surface area (Å²) < 4.78 is 1.32. The van der Waals surface area contributed by atoms with Gasteiger partial charge in [-0.15, -0.1) is 11.3 Å². The van der Waals surface area contributed by atoms with Crippen molar-refractivity contribution in [1.82, 2.24) is 5.32 Å². The SMILES string of the molecule is Brc1sccc1C1CCCNC1. The minimum Gasteiger partial charge on any atom is -0.316 e. The zero-order chi connectivity index (χ0) is 8.39. The minimum atomic E-state index is 0.736. The van der Waals surface area contributed by atoms with Gasteiger partial charge in [0.05, 0.1) is 3.79 Å². The Hall–Kier alpha value is 0.140. The molecule has 1 aromatic heterocycles. The first-order valence-electron chi connectivity index (χ1n) is 4.31. The molecule has 0 radical (unpaired) electrons. The van der Waals surface area contributed by atoms with E-state index in [9.17, 15) is 0 Å². The van der Waals surface area contributed by atoms with Crippen LogP contribution in [0.25, 0.3) is 0 Å². The zero-order valence-corrected chi connectivity index (χ0v) is 9.25. The van der Waals surface area contributed by atoms with Crippen LogP contribution >= 0.6 is 27.3 Å². The highest BCUT2D eigenvalue weighted by Crippen LogP contribution is 2.33. The van der Waals surface area contributed by atoms with Crippen LogP contribution in [0.3, 0.4) is 0 Å². The van der Waals surface area contributed by atoms with Crippen molar-refractivity contribution in [3.63, 3.8) is 0 Å². The number of rotatable bonds is 1. The van der Waals surface area contributed by atoms with Crippen molar-refractivity contribution in [3.05, 3.63) is 20.8 Å². The molecule has 0 saturated carbocycles. The third kappa shape index (κ3) is 1.73. The van der Waals surface area contributed by atoms with E-state index in [1.807, 2.05) is 0 Å². The van der Waals surface area contributed by atoms with E-state index in [1.54, 1.807) is 11.3 Å². The summed E-state index contributed by atoms with van der Waals surface area (Å²) >= 11 is 5.38. The van der Waals surface area contributed by atoms with Crippen LogP contribution < -0.4 is 5.32 Å². The third-order valence-electron chi connectivity index (χ3n) is 2.38. The molecule has 1 aliphatic rings. The first-order valence-corrected chi connectivity index (χ1v) is 5.99. The Morgan fingerprint density at radius 1 is 1.58 bits per heavy atom. The molecule has 1 saturated heterocycles. The average Bonchev–Trinajstić information content (AvgIpc) is 2.53. The number of hydrogen-bond donors (Lipinski definition) is 1. The van der Waals surface area contributed by atoms with Crippen LogP contribution in [0, 0.1) is 0 Å². The van der Waals surface area contributed by atoms with Crippen molar-refractivity contribution < 1.29 is 0 Å². The second-order valence-corrected chi connectivity index (χ2v) is 5.43. The highest BCUT2D eigenvalue weighted by atomic mass is 79.9. The second-order valence-electron chi connectivity index (χ2n) is 3.19. The maximum absolute atomic E-state index is 3.59. The molecular formula is C9H12BrNS. The van der Waals surface area contributed by atoms with E-state index in [0.717, 1.165) is 12.5 Å². The Bertz CT molecular complexity index is 253. The summed E-state index contributed by atoms with van der Waals surface area (Å²) in [6.07, 6.45) is 2.65. The highest BCUT2D eigenvalue weighted by Gasteiger charge is 2.17. The molecule has 66 valence electrons. The van der Waals surface area contributed by atoms with Gasteiger partial charge in [0.1, 0.15) is 0 Å². The molecule has 1 aliphatic heterocycles. The third-order valence-corrected chi connectivity index (χ3v) is 4.12. The summed E-state index contributed by atoms with van der Waals surface area (Å²) in [6, 6.07) is 2.24. The normalized spacial score (nSPS) is 24.2. The van der Waals surface area contributed by atoms with E-state index in [2.05, 4.69) is 32.7 Å². The van der Waals surface area contributed by atoms with Gasteiger partial charge in [0.2, 0.25) is 0 Å². The van der Waals surface area contributed by atoms with Crippen molar-refractivity contribution in [2.75, 3.05) is 13.1 Å². The van der Waals surface area contributed by atoms with E-state index in [4.69, 9.17) is 0 Å². The van der Waals surface area contributed by atoms with Crippen molar-refractivity contribution in [1.29, 1.82) is 0 Å². The molecule has 0 spiro atoms. The molecule has 12 heavy (non-hydrogen) atoms. The molecule has 0 aliphatic carbocycles. The molecule has 0 bridgehead atoms. The topological polar surface area (TPSA) is 12.0 Å². The summed E-state index contributed by atoms with van der Waals surface area (Å²) in [6.45, 7) is 2.34. The summed E-state index contributed by atoms with van der Waals surface area (Å²) in [4.78, 5) is 0. The van der Waals surface area contributed by atoms with Gasteiger partial charge in [0, 0.05) is 6.54 Å². The summed E-state index contributed by atoms with van der Waals surface area (Å²) in [7, 11) is 0. The van der Waals surface area contributed by atoms with Crippen molar-refractivity contribution in [3.8, 4) is 0 Å². The van der Waals surface area contributed by atoms with Crippen LogP contribution in [0.1, 0.15) is 24.3 Å². The molecule has 3 heteroatoms. The van der Waals surface area contributed by atoms with Crippen LogP contribution in [0.5, 0.6) is 0 Å². The average molecular weight is 246 g/mol. The Kier molecular flexibility index (Phi) is 2.84. The van der Waals surface area contributed by atoms with Gasteiger partial charge < -0.3 is 5.32 Å². The van der Waals surface area contributed by atoms with Gasteiger partial charge >= 0.3 is 0 Å². The largest absolute Gasteiger partial charge is 0.316 e. The van der Waals surface area contributed by atoms with Gasteiger partial charge in [-0.1, -0.05) is 0 Å². The van der Waals surface area contributed by atoms with Gasteiger partial charge in [-0.25, -0.2) is 0 Å². The molecule has 2 rings (SSSR count). The quantitative estimate of drug-likeness (QED) is 0.803. The van der Waals surface area contributed by atoms with E-state index >= 15 is 0 Å².